The minimum atomic E-state index is -0.579. The zero-order valence-corrected chi connectivity index (χ0v) is 14.8. The maximum atomic E-state index is 11.6. The van der Waals surface area contributed by atoms with Crippen LogP contribution in [0.3, 0.4) is 0 Å². The number of rotatable bonds is 3. The molecule has 2 aromatic carbocycles. The van der Waals surface area contributed by atoms with Gasteiger partial charge in [-0.05, 0) is 33.8 Å². The molecule has 0 aromatic heterocycles. The number of fused-ring (bicyclic) bond motifs is 1. The molecular formula is C19H23NO5. The van der Waals surface area contributed by atoms with Crippen LogP contribution < -0.4 is 5.32 Å². The predicted molar refractivity (Wildman–Crippen MR) is 97.0 cm³/mol. The van der Waals surface area contributed by atoms with Crippen molar-refractivity contribution in [3.63, 3.8) is 0 Å². The van der Waals surface area contributed by atoms with Gasteiger partial charge in [-0.3, -0.25) is 0 Å². The summed E-state index contributed by atoms with van der Waals surface area (Å²) in [5.74, 6) is -0.257. The first kappa shape index (κ1) is 18.4. The molecule has 0 heterocycles. The fourth-order valence-corrected chi connectivity index (χ4v) is 2.47. The molecule has 2 rings (SSSR count). The van der Waals surface area contributed by atoms with Gasteiger partial charge in [0.25, 0.3) is 0 Å². The van der Waals surface area contributed by atoms with E-state index in [1.807, 2.05) is 0 Å². The monoisotopic (exact) mass is 345 g/mol. The lowest BCUT2D eigenvalue weighted by atomic mass is 9.97. The average Bonchev–Trinajstić information content (AvgIpc) is 2.50. The maximum Gasteiger partial charge on any atom is 0.407 e. The highest BCUT2D eigenvalue weighted by molar-refractivity contribution is 6.01. The topological polar surface area (TPSA) is 99.0 Å². The molecule has 0 spiro atoms. The number of phenols is 3. The first-order valence-electron chi connectivity index (χ1n) is 7.91. The average molecular weight is 345 g/mol. The Labute approximate surface area is 146 Å². The third-order valence-electron chi connectivity index (χ3n) is 3.60. The number of ether oxygens (including phenoxy) is 1. The van der Waals surface area contributed by atoms with Crippen LogP contribution in [0, 0.1) is 6.92 Å². The van der Waals surface area contributed by atoms with Gasteiger partial charge in [0, 0.05) is 23.1 Å². The van der Waals surface area contributed by atoms with Crippen molar-refractivity contribution < 1.29 is 24.9 Å². The van der Waals surface area contributed by atoms with Crippen LogP contribution in [-0.4, -0.2) is 33.6 Å². The highest BCUT2D eigenvalue weighted by atomic mass is 16.6. The first-order chi connectivity index (χ1) is 11.6. The lowest BCUT2D eigenvalue weighted by Gasteiger charge is -2.19. The van der Waals surface area contributed by atoms with E-state index in [0.29, 0.717) is 16.5 Å². The summed E-state index contributed by atoms with van der Waals surface area (Å²) >= 11 is 0. The van der Waals surface area contributed by atoms with E-state index >= 15 is 0 Å². The summed E-state index contributed by atoms with van der Waals surface area (Å²) in [4.78, 5) is 11.6. The van der Waals surface area contributed by atoms with E-state index in [-0.39, 0.29) is 29.2 Å². The van der Waals surface area contributed by atoms with Crippen LogP contribution in [0.4, 0.5) is 4.79 Å². The van der Waals surface area contributed by atoms with Gasteiger partial charge in [0.15, 0.2) is 0 Å². The fraction of sp³-hybridized carbons (Fsp3) is 0.316. The van der Waals surface area contributed by atoms with Crippen LogP contribution >= 0.6 is 0 Å². The molecule has 0 aliphatic rings. The number of hydrogen-bond acceptors (Lipinski definition) is 5. The number of carbonyl (C=O) groups excluding carboxylic acids is 1. The van der Waals surface area contributed by atoms with Crippen molar-refractivity contribution in [1.82, 2.24) is 5.32 Å². The van der Waals surface area contributed by atoms with Gasteiger partial charge < -0.3 is 25.4 Å². The number of phenolic OH excluding ortho intramolecular Hbond substituents is 3. The Kier molecular flexibility index (Phi) is 5.11. The van der Waals surface area contributed by atoms with Crippen molar-refractivity contribution >= 4 is 22.9 Å². The highest BCUT2D eigenvalue weighted by Gasteiger charge is 2.17. The molecule has 0 fully saturated rings. The molecular weight excluding hydrogens is 322 g/mol. The van der Waals surface area contributed by atoms with Crippen molar-refractivity contribution in [2.24, 2.45) is 0 Å². The molecule has 2 aromatic rings. The van der Waals surface area contributed by atoms with Crippen LogP contribution in [0.2, 0.25) is 0 Å². The van der Waals surface area contributed by atoms with Gasteiger partial charge in [-0.1, -0.05) is 24.3 Å². The number of carbonyl (C=O) groups is 1. The zero-order chi connectivity index (χ0) is 18.8. The van der Waals surface area contributed by atoms with E-state index in [0.717, 1.165) is 0 Å². The maximum absolute atomic E-state index is 11.6. The molecule has 134 valence electrons. The molecule has 25 heavy (non-hydrogen) atoms. The normalized spacial score (nSPS) is 11.8. The summed E-state index contributed by atoms with van der Waals surface area (Å²) in [6.45, 7) is 7.17. The Morgan fingerprint density at radius 1 is 1.20 bits per heavy atom. The summed E-state index contributed by atoms with van der Waals surface area (Å²) < 4.78 is 5.12. The van der Waals surface area contributed by atoms with Crippen LogP contribution in [-0.2, 0) is 4.74 Å². The molecule has 0 unspecified atom stereocenters. The largest absolute Gasteiger partial charge is 0.507 e. The van der Waals surface area contributed by atoms with E-state index < -0.39 is 11.7 Å². The Hall–Kier alpha value is -2.89. The second kappa shape index (κ2) is 6.93. The Balaban J connectivity index is 2.24. The molecule has 0 saturated heterocycles. The predicted octanol–water partition coefficient (Wildman–Crippen LogP) is 3.80. The van der Waals surface area contributed by atoms with Gasteiger partial charge in [0.1, 0.15) is 22.8 Å². The van der Waals surface area contributed by atoms with E-state index in [9.17, 15) is 20.1 Å². The van der Waals surface area contributed by atoms with E-state index in [2.05, 4.69) is 5.32 Å². The number of hydrogen-bond donors (Lipinski definition) is 4. The number of nitrogens with one attached hydrogen (secondary N) is 1. The number of amides is 1. The van der Waals surface area contributed by atoms with E-state index in [4.69, 9.17) is 4.74 Å². The lowest BCUT2D eigenvalue weighted by Crippen LogP contribution is -2.32. The summed E-state index contributed by atoms with van der Waals surface area (Å²) in [7, 11) is 0. The van der Waals surface area contributed by atoms with Crippen molar-refractivity contribution in [3.8, 4) is 17.2 Å². The standard InChI is InChI=1S/C19H23NO5/c1-11-12(8-6-10-20-18(24)25-19(2,3)4)17(23)15-13(16(11)22)7-5-9-14(15)21/h5-9,21-23H,10H2,1-4H3,(H,20,24)/b8-6+. The molecule has 4 N–H and O–H groups in total. The molecule has 0 atom stereocenters. The number of alkyl carbamates (subject to hydrolysis) is 1. The van der Waals surface area contributed by atoms with E-state index in [1.54, 1.807) is 52.0 Å². The third-order valence-corrected chi connectivity index (χ3v) is 3.60. The quantitative estimate of drug-likeness (QED) is 0.634. The second-order valence-electron chi connectivity index (χ2n) is 6.72. The SMILES string of the molecule is Cc1c(/C=C/CNC(=O)OC(C)(C)C)c(O)c2c(O)cccc2c1O. The minimum absolute atomic E-state index is 0.0107. The van der Waals surface area contributed by atoms with Gasteiger partial charge >= 0.3 is 6.09 Å². The molecule has 1 amide bonds. The summed E-state index contributed by atoms with van der Waals surface area (Å²) in [5.41, 5.74) is 0.270. The Morgan fingerprint density at radius 3 is 2.52 bits per heavy atom. The molecule has 0 bridgehead atoms. The Morgan fingerprint density at radius 2 is 1.88 bits per heavy atom. The summed E-state index contributed by atoms with van der Waals surface area (Å²) in [6.07, 6.45) is 2.65. The number of aromatic hydroxyl groups is 3. The third kappa shape index (κ3) is 4.15. The number of benzene rings is 2. The first-order valence-corrected chi connectivity index (χ1v) is 7.91. The molecule has 0 aliphatic carbocycles. The molecule has 6 nitrogen and oxygen atoms in total. The minimum Gasteiger partial charge on any atom is -0.507 e. The Bertz CT molecular complexity index is 834. The van der Waals surface area contributed by atoms with Gasteiger partial charge in [-0.25, -0.2) is 4.79 Å². The van der Waals surface area contributed by atoms with Crippen molar-refractivity contribution in [1.29, 1.82) is 0 Å². The molecule has 0 aliphatic heterocycles. The van der Waals surface area contributed by atoms with Crippen molar-refractivity contribution in [3.05, 3.63) is 35.4 Å². The van der Waals surface area contributed by atoms with Crippen LogP contribution in [0.15, 0.2) is 24.3 Å². The van der Waals surface area contributed by atoms with Crippen LogP contribution in [0.1, 0.15) is 31.9 Å². The fourth-order valence-electron chi connectivity index (χ4n) is 2.47. The van der Waals surface area contributed by atoms with Gasteiger partial charge in [0.2, 0.25) is 0 Å². The molecule has 6 heteroatoms. The smallest absolute Gasteiger partial charge is 0.407 e. The van der Waals surface area contributed by atoms with Gasteiger partial charge in [0.05, 0.1) is 5.39 Å². The van der Waals surface area contributed by atoms with Crippen LogP contribution in [0.5, 0.6) is 17.2 Å². The second-order valence-corrected chi connectivity index (χ2v) is 6.72. The van der Waals surface area contributed by atoms with Crippen molar-refractivity contribution in [2.75, 3.05) is 6.54 Å². The van der Waals surface area contributed by atoms with Crippen LogP contribution in [0.25, 0.3) is 16.8 Å². The zero-order valence-electron chi connectivity index (χ0n) is 14.8. The van der Waals surface area contributed by atoms with Crippen molar-refractivity contribution in [2.45, 2.75) is 33.3 Å². The van der Waals surface area contributed by atoms with E-state index in [1.165, 1.54) is 6.07 Å². The lowest BCUT2D eigenvalue weighted by molar-refractivity contribution is 0.0534. The molecule has 0 saturated carbocycles. The van der Waals surface area contributed by atoms with Gasteiger partial charge in [-0.15, -0.1) is 0 Å². The molecule has 0 radical (unpaired) electrons. The van der Waals surface area contributed by atoms with Gasteiger partial charge in [-0.2, -0.15) is 0 Å². The highest BCUT2D eigenvalue weighted by Crippen LogP contribution is 2.43. The summed E-state index contributed by atoms with van der Waals surface area (Å²) in [6, 6.07) is 4.65. The summed E-state index contributed by atoms with van der Waals surface area (Å²) in [5, 5.41) is 33.9.